The van der Waals surface area contributed by atoms with Crippen LogP contribution in [0, 0.1) is 0 Å². The fraction of sp³-hybridized carbons (Fsp3) is 0. The van der Waals surface area contributed by atoms with Gasteiger partial charge in [-0.25, -0.2) is 0 Å². The maximum Gasteiger partial charge on any atom is 0.0541 e. The molecular formula is C64H43N3. The molecule has 0 bridgehead atoms. The number of nitrogens with zero attached hydrogens (tertiary/aromatic N) is 3. The Bertz CT molecular complexity index is 3780. The number of aromatic nitrogens is 2. The van der Waals surface area contributed by atoms with E-state index in [-0.39, 0.29) is 0 Å². The van der Waals surface area contributed by atoms with Crippen LogP contribution in [0.2, 0.25) is 0 Å². The zero-order chi connectivity index (χ0) is 44.3. The number of hydrogen-bond acceptors (Lipinski definition) is 1. The standard InChI is InChI=1S/C64H43N3/c1-4-19-51(20-5-1)65(60-30-16-18-45-17-10-11-25-55(45)60)54-35-31-44(32-36-54)48-39-49(46-33-37-63-58(42-46)56-26-12-14-28-61(56)66(63)52-21-6-2-7-22-52)41-50(40-48)47-34-38-64-59(43-47)57-27-13-15-29-62(57)67(64)53-23-8-3-9-24-53/h1-43H. The van der Waals surface area contributed by atoms with E-state index in [1.165, 1.54) is 76.6 Å². The molecular weight excluding hydrogens is 811 g/mol. The van der Waals surface area contributed by atoms with Gasteiger partial charge in [0.15, 0.2) is 0 Å². The minimum Gasteiger partial charge on any atom is -0.310 e. The monoisotopic (exact) mass is 853 g/mol. The number of hydrogen-bond donors (Lipinski definition) is 0. The summed E-state index contributed by atoms with van der Waals surface area (Å²) in [5.74, 6) is 0. The minimum atomic E-state index is 1.10. The third-order valence-corrected chi connectivity index (χ3v) is 13.5. The molecule has 0 aliphatic rings. The molecule has 314 valence electrons. The highest BCUT2D eigenvalue weighted by Gasteiger charge is 2.19. The van der Waals surface area contributed by atoms with Crippen molar-refractivity contribution in [2.75, 3.05) is 4.90 Å². The van der Waals surface area contributed by atoms with E-state index in [1.54, 1.807) is 0 Å². The predicted molar refractivity (Wildman–Crippen MR) is 284 cm³/mol. The Morgan fingerprint density at radius 1 is 0.239 bits per heavy atom. The Kier molecular flexibility index (Phi) is 9.17. The van der Waals surface area contributed by atoms with Crippen molar-refractivity contribution < 1.29 is 0 Å². The lowest BCUT2D eigenvalue weighted by atomic mass is 9.92. The summed E-state index contributed by atoms with van der Waals surface area (Å²) in [7, 11) is 0. The van der Waals surface area contributed by atoms with Crippen molar-refractivity contribution >= 4 is 71.4 Å². The van der Waals surface area contributed by atoms with Gasteiger partial charge in [0.1, 0.15) is 0 Å². The van der Waals surface area contributed by atoms with Gasteiger partial charge in [-0.15, -0.1) is 0 Å². The molecule has 0 unspecified atom stereocenters. The lowest BCUT2D eigenvalue weighted by molar-refractivity contribution is 1.18. The maximum atomic E-state index is 2.39. The van der Waals surface area contributed by atoms with Crippen molar-refractivity contribution in [1.82, 2.24) is 9.13 Å². The second-order valence-electron chi connectivity index (χ2n) is 17.4. The number of para-hydroxylation sites is 5. The van der Waals surface area contributed by atoms with Crippen LogP contribution in [0.3, 0.4) is 0 Å². The highest BCUT2D eigenvalue weighted by atomic mass is 15.1. The van der Waals surface area contributed by atoms with Gasteiger partial charge in [0, 0.05) is 49.7 Å². The summed E-state index contributed by atoms with van der Waals surface area (Å²) in [5, 5.41) is 7.38. The highest BCUT2D eigenvalue weighted by Crippen LogP contribution is 2.42. The van der Waals surface area contributed by atoms with Crippen LogP contribution >= 0.6 is 0 Å². The molecule has 0 atom stereocenters. The van der Waals surface area contributed by atoms with Gasteiger partial charge >= 0.3 is 0 Å². The molecule has 0 aliphatic carbocycles. The Morgan fingerprint density at radius 2 is 0.642 bits per heavy atom. The molecule has 11 aromatic carbocycles. The van der Waals surface area contributed by atoms with Crippen LogP contribution in [0.15, 0.2) is 261 Å². The van der Waals surface area contributed by atoms with E-state index in [1.807, 2.05) is 0 Å². The number of benzene rings is 11. The first-order valence-electron chi connectivity index (χ1n) is 23.0. The van der Waals surface area contributed by atoms with E-state index in [0.717, 1.165) is 39.6 Å². The van der Waals surface area contributed by atoms with Gasteiger partial charge in [-0.2, -0.15) is 0 Å². The number of rotatable bonds is 8. The molecule has 2 heterocycles. The zero-order valence-corrected chi connectivity index (χ0v) is 36.7. The zero-order valence-electron chi connectivity index (χ0n) is 36.7. The molecule has 0 aliphatic heterocycles. The normalized spacial score (nSPS) is 11.6. The van der Waals surface area contributed by atoms with E-state index in [2.05, 4.69) is 275 Å². The van der Waals surface area contributed by atoms with Crippen molar-refractivity contribution in [3.05, 3.63) is 261 Å². The Hall–Kier alpha value is -8.92. The first kappa shape index (κ1) is 38.5. The molecule has 0 N–H and O–H groups in total. The fourth-order valence-electron chi connectivity index (χ4n) is 10.4. The summed E-state index contributed by atoms with van der Waals surface area (Å²) in [6, 6.07) is 95.0. The second kappa shape index (κ2) is 16.0. The van der Waals surface area contributed by atoms with Crippen LogP contribution in [-0.2, 0) is 0 Å². The van der Waals surface area contributed by atoms with Gasteiger partial charge in [0.25, 0.3) is 0 Å². The third-order valence-electron chi connectivity index (χ3n) is 13.5. The first-order valence-corrected chi connectivity index (χ1v) is 23.0. The highest BCUT2D eigenvalue weighted by molar-refractivity contribution is 6.12. The van der Waals surface area contributed by atoms with Crippen LogP contribution in [0.4, 0.5) is 17.1 Å². The van der Waals surface area contributed by atoms with Crippen molar-refractivity contribution in [2.24, 2.45) is 0 Å². The molecule has 3 nitrogen and oxygen atoms in total. The minimum absolute atomic E-state index is 1.10. The molecule has 3 heteroatoms. The topological polar surface area (TPSA) is 13.1 Å². The van der Waals surface area contributed by atoms with E-state index < -0.39 is 0 Å². The van der Waals surface area contributed by atoms with E-state index in [0.29, 0.717) is 0 Å². The Labute approximate surface area is 389 Å². The van der Waals surface area contributed by atoms with Gasteiger partial charge in [0.05, 0.1) is 27.8 Å². The molecule has 0 spiro atoms. The molecule has 0 saturated carbocycles. The SMILES string of the molecule is c1ccc(N(c2ccc(-c3cc(-c4ccc5c(c4)c4ccccc4n5-c4ccccc4)cc(-c4ccc5c(c4)c4ccccc4n5-c4ccccc4)c3)cc2)c2cccc3ccccc23)cc1. The van der Waals surface area contributed by atoms with Crippen LogP contribution in [0.1, 0.15) is 0 Å². The number of fused-ring (bicyclic) bond motifs is 7. The van der Waals surface area contributed by atoms with Gasteiger partial charge in [0.2, 0.25) is 0 Å². The van der Waals surface area contributed by atoms with Crippen molar-refractivity contribution in [2.45, 2.75) is 0 Å². The van der Waals surface area contributed by atoms with Crippen LogP contribution in [-0.4, -0.2) is 9.13 Å². The van der Waals surface area contributed by atoms with Crippen LogP contribution in [0.25, 0.3) is 99.1 Å². The summed E-state index contributed by atoms with van der Waals surface area (Å²) >= 11 is 0. The molecule has 13 aromatic rings. The van der Waals surface area contributed by atoms with Crippen molar-refractivity contribution in [3.63, 3.8) is 0 Å². The summed E-state index contributed by atoms with van der Waals surface area (Å²) in [6.45, 7) is 0. The van der Waals surface area contributed by atoms with Gasteiger partial charge in [-0.05, 0) is 148 Å². The number of anilines is 3. The molecule has 2 aromatic heterocycles. The van der Waals surface area contributed by atoms with Crippen molar-refractivity contribution in [1.29, 1.82) is 0 Å². The van der Waals surface area contributed by atoms with E-state index in [4.69, 9.17) is 0 Å². The molecule has 67 heavy (non-hydrogen) atoms. The van der Waals surface area contributed by atoms with Gasteiger partial charge in [-0.3, -0.25) is 0 Å². The molecule has 0 radical (unpaired) electrons. The smallest absolute Gasteiger partial charge is 0.0541 e. The van der Waals surface area contributed by atoms with Gasteiger partial charge in [-0.1, -0.05) is 152 Å². The summed E-state index contributed by atoms with van der Waals surface area (Å²) < 4.78 is 4.77. The second-order valence-corrected chi connectivity index (χ2v) is 17.4. The van der Waals surface area contributed by atoms with E-state index >= 15 is 0 Å². The molecule has 13 rings (SSSR count). The molecule has 0 amide bonds. The lowest BCUT2D eigenvalue weighted by Gasteiger charge is -2.27. The molecule has 0 fully saturated rings. The van der Waals surface area contributed by atoms with Gasteiger partial charge < -0.3 is 14.0 Å². The summed E-state index contributed by atoms with van der Waals surface area (Å²) in [4.78, 5) is 2.37. The maximum absolute atomic E-state index is 2.39. The first-order chi connectivity index (χ1) is 33.2. The lowest BCUT2D eigenvalue weighted by Crippen LogP contribution is -2.10. The summed E-state index contributed by atoms with van der Waals surface area (Å²) in [5.41, 5.74) is 17.5. The Balaban J connectivity index is 0.990. The quantitative estimate of drug-likeness (QED) is 0.148. The summed E-state index contributed by atoms with van der Waals surface area (Å²) in [6.07, 6.45) is 0. The fourth-order valence-corrected chi connectivity index (χ4v) is 10.4. The van der Waals surface area contributed by atoms with Crippen molar-refractivity contribution in [3.8, 4) is 44.8 Å². The van der Waals surface area contributed by atoms with E-state index in [9.17, 15) is 0 Å². The third kappa shape index (κ3) is 6.59. The largest absolute Gasteiger partial charge is 0.310 e. The predicted octanol–water partition coefficient (Wildman–Crippen LogP) is 17.5. The average Bonchev–Trinajstić information content (AvgIpc) is 3.92. The van der Waals surface area contributed by atoms with Crippen LogP contribution in [0.5, 0.6) is 0 Å². The van der Waals surface area contributed by atoms with Crippen LogP contribution < -0.4 is 4.90 Å². The average molecular weight is 854 g/mol. The molecule has 0 saturated heterocycles. The Morgan fingerprint density at radius 3 is 1.19 bits per heavy atom.